The minimum Gasteiger partial charge on any atom is -0.464 e. The highest BCUT2D eigenvalue weighted by atomic mass is 16.7. The van der Waals surface area contributed by atoms with E-state index in [4.69, 9.17) is 13.9 Å². The van der Waals surface area contributed by atoms with Gasteiger partial charge in [0, 0.05) is 22.6 Å². The summed E-state index contributed by atoms with van der Waals surface area (Å²) in [7, 11) is 0. The zero-order chi connectivity index (χ0) is 19.1. The van der Waals surface area contributed by atoms with Crippen LogP contribution in [0.2, 0.25) is 0 Å². The highest BCUT2D eigenvalue weighted by Gasteiger charge is 2.21. The smallest absolute Gasteiger partial charge is 0.231 e. The average molecular weight is 365 g/mol. The average Bonchev–Trinajstić information content (AvgIpc) is 3.21. The predicted octanol–water partition coefficient (Wildman–Crippen LogP) is 4.16. The molecule has 0 bridgehead atoms. The van der Waals surface area contributed by atoms with E-state index in [1.165, 1.54) is 6.92 Å². The van der Waals surface area contributed by atoms with E-state index in [2.05, 4.69) is 5.32 Å². The first-order valence-electron chi connectivity index (χ1n) is 8.64. The van der Waals surface area contributed by atoms with Crippen LogP contribution in [0.25, 0.3) is 11.0 Å². The lowest BCUT2D eigenvalue weighted by atomic mass is 10.0. The number of carbonyl (C=O) groups is 2. The van der Waals surface area contributed by atoms with Crippen LogP contribution in [-0.2, 0) is 11.2 Å². The van der Waals surface area contributed by atoms with Crippen molar-refractivity contribution < 1.29 is 23.5 Å². The number of ether oxygens (including phenoxy) is 2. The molecule has 0 aliphatic carbocycles. The van der Waals surface area contributed by atoms with E-state index in [1.807, 2.05) is 26.0 Å². The molecule has 0 atom stereocenters. The number of ketones is 1. The third-order valence-corrected chi connectivity index (χ3v) is 4.79. The van der Waals surface area contributed by atoms with E-state index < -0.39 is 0 Å². The number of anilines is 1. The van der Waals surface area contributed by atoms with Gasteiger partial charge in [-0.3, -0.25) is 9.59 Å². The molecule has 2 aromatic carbocycles. The maximum atomic E-state index is 12.6. The molecular weight excluding hydrogens is 346 g/mol. The standard InChI is InChI=1S/C21H19NO5/c1-11-4-16-14(9-25-18(16)5-12(11)2)6-21(24)22-17-8-20-19(26-10-27-20)7-15(17)13(3)23/h4-5,7-9H,6,10H2,1-3H3,(H,22,24). The van der Waals surface area contributed by atoms with Crippen molar-refractivity contribution >= 4 is 28.3 Å². The number of benzene rings is 2. The Morgan fingerprint density at radius 2 is 1.74 bits per heavy atom. The van der Waals surface area contributed by atoms with Crippen LogP contribution in [0.3, 0.4) is 0 Å². The van der Waals surface area contributed by atoms with Gasteiger partial charge >= 0.3 is 0 Å². The van der Waals surface area contributed by atoms with Crippen molar-refractivity contribution in [1.29, 1.82) is 0 Å². The fourth-order valence-electron chi connectivity index (χ4n) is 3.18. The molecule has 0 unspecified atom stereocenters. The second-order valence-corrected chi connectivity index (χ2v) is 6.73. The first kappa shape index (κ1) is 17.1. The molecule has 1 aliphatic heterocycles. The van der Waals surface area contributed by atoms with E-state index >= 15 is 0 Å². The van der Waals surface area contributed by atoms with Crippen molar-refractivity contribution in [1.82, 2.24) is 0 Å². The van der Waals surface area contributed by atoms with Crippen LogP contribution in [0.5, 0.6) is 11.5 Å². The second kappa shape index (κ2) is 6.46. The van der Waals surface area contributed by atoms with Gasteiger partial charge in [0.05, 0.1) is 18.4 Å². The number of aryl methyl sites for hydroxylation is 2. The molecule has 0 saturated heterocycles. The summed E-state index contributed by atoms with van der Waals surface area (Å²) in [4.78, 5) is 24.6. The Morgan fingerprint density at radius 3 is 2.48 bits per heavy atom. The van der Waals surface area contributed by atoms with Gasteiger partial charge in [-0.15, -0.1) is 0 Å². The third-order valence-electron chi connectivity index (χ3n) is 4.79. The highest BCUT2D eigenvalue weighted by molar-refractivity contribution is 6.05. The van der Waals surface area contributed by atoms with Crippen molar-refractivity contribution in [3.05, 3.63) is 52.8 Å². The number of carbonyl (C=O) groups excluding carboxylic acids is 2. The van der Waals surface area contributed by atoms with E-state index in [0.717, 1.165) is 27.7 Å². The monoisotopic (exact) mass is 365 g/mol. The second-order valence-electron chi connectivity index (χ2n) is 6.73. The fraction of sp³-hybridized carbons (Fsp3) is 0.238. The number of hydrogen-bond acceptors (Lipinski definition) is 5. The van der Waals surface area contributed by atoms with Crippen LogP contribution in [0.15, 0.2) is 34.9 Å². The molecule has 138 valence electrons. The molecule has 0 radical (unpaired) electrons. The lowest BCUT2D eigenvalue weighted by Crippen LogP contribution is -2.16. The highest BCUT2D eigenvalue weighted by Crippen LogP contribution is 2.37. The largest absolute Gasteiger partial charge is 0.464 e. The van der Waals surface area contributed by atoms with Crippen LogP contribution in [0, 0.1) is 13.8 Å². The summed E-state index contributed by atoms with van der Waals surface area (Å²) in [5, 5.41) is 3.74. The Bertz CT molecular complexity index is 1080. The number of hydrogen-bond donors (Lipinski definition) is 1. The molecule has 0 saturated carbocycles. The third kappa shape index (κ3) is 3.14. The van der Waals surface area contributed by atoms with Crippen LogP contribution in [0.4, 0.5) is 5.69 Å². The fourth-order valence-corrected chi connectivity index (χ4v) is 3.18. The summed E-state index contributed by atoms with van der Waals surface area (Å²) in [6.07, 6.45) is 1.75. The van der Waals surface area contributed by atoms with Crippen molar-refractivity contribution in [3.8, 4) is 11.5 Å². The van der Waals surface area contributed by atoms with Gasteiger partial charge < -0.3 is 19.2 Å². The van der Waals surface area contributed by atoms with Crippen molar-refractivity contribution in [2.45, 2.75) is 27.2 Å². The molecule has 3 aromatic rings. The number of fused-ring (bicyclic) bond motifs is 2. The quantitative estimate of drug-likeness (QED) is 0.703. The molecule has 2 heterocycles. The molecule has 1 amide bonds. The number of Topliss-reactive ketones (excluding diaryl/α,β-unsaturated/α-hetero) is 1. The topological polar surface area (TPSA) is 77.8 Å². The van der Waals surface area contributed by atoms with Crippen LogP contribution in [-0.4, -0.2) is 18.5 Å². The SMILES string of the molecule is CC(=O)c1cc2c(cc1NC(=O)Cc1coc3cc(C)c(C)cc13)OCO2. The van der Waals surface area contributed by atoms with E-state index in [9.17, 15) is 9.59 Å². The normalized spacial score (nSPS) is 12.4. The minimum absolute atomic E-state index is 0.101. The number of rotatable bonds is 4. The molecule has 1 aromatic heterocycles. The molecule has 4 rings (SSSR count). The van der Waals surface area contributed by atoms with Gasteiger partial charge in [-0.1, -0.05) is 0 Å². The van der Waals surface area contributed by atoms with Crippen molar-refractivity contribution in [2.24, 2.45) is 0 Å². The molecule has 0 fully saturated rings. The molecular formula is C21H19NO5. The molecule has 1 N–H and O–H groups in total. The van der Waals surface area contributed by atoms with Gasteiger partial charge in [0.2, 0.25) is 12.7 Å². The van der Waals surface area contributed by atoms with E-state index in [1.54, 1.807) is 18.4 Å². The first-order chi connectivity index (χ1) is 12.9. The van der Waals surface area contributed by atoms with Gasteiger partial charge in [0.15, 0.2) is 17.3 Å². The van der Waals surface area contributed by atoms with Gasteiger partial charge in [-0.05, 0) is 50.1 Å². The first-order valence-corrected chi connectivity index (χ1v) is 8.64. The number of amides is 1. The zero-order valence-corrected chi connectivity index (χ0v) is 15.3. The van der Waals surface area contributed by atoms with E-state index in [0.29, 0.717) is 22.7 Å². The Balaban J connectivity index is 1.60. The maximum absolute atomic E-state index is 12.6. The van der Waals surface area contributed by atoms with Gasteiger partial charge in [-0.2, -0.15) is 0 Å². The van der Waals surface area contributed by atoms with Crippen LogP contribution in [0.1, 0.15) is 34.0 Å². The summed E-state index contributed by atoms with van der Waals surface area (Å²) >= 11 is 0. The van der Waals surface area contributed by atoms with Crippen LogP contribution >= 0.6 is 0 Å². The molecule has 6 nitrogen and oxygen atoms in total. The Kier molecular flexibility index (Phi) is 4.11. The molecule has 0 spiro atoms. The lowest BCUT2D eigenvalue weighted by Gasteiger charge is -2.10. The van der Waals surface area contributed by atoms with E-state index in [-0.39, 0.29) is 24.9 Å². The maximum Gasteiger partial charge on any atom is 0.231 e. The van der Waals surface area contributed by atoms with Gasteiger partial charge in [0.25, 0.3) is 0 Å². The van der Waals surface area contributed by atoms with Crippen molar-refractivity contribution in [2.75, 3.05) is 12.1 Å². The lowest BCUT2D eigenvalue weighted by molar-refractivity contribution is -0.115. The Hall–Kier alpha value is -3.28. The Labute approximate surface area is 156 Å². The van der Waals surface area contributed by atoms with Gasteiger partial charge in [0.1, 0.15) is 5.58 Å². The Morgan fingerprint density at radius 1 is 1.04 bits per heavy atom. The molecule has 6 heteroatoms. The summed E-state index contributed by atoms with van der Waals surface area (Å²) < 4.78 is 16.2. The summed E-state index contributed by atoms with van der Waals surface area (Å²) in [6.45, 7) is 5.59. The van der Waals surface area contributed by atoms with Gasteiger partial charge in [-0.25, -0.2) is 0 Å². The zero-order valence-electron chi connectivity index (χ0n) is 15.3. The van der Waals surface area contributed by atoms with Crippen molar-refractivity contribution in [3.63, 3.8) is 0 Å². The number of nitrogens with one attached hydrogen (secondary N) is 1. The number of furan rings is 1. The molecule has 27 heavy (non-hydrogen) atoms. The summed E-state index contributed by atoms with van der Waals surface area (Å²) in [6, 6.07) is 7.22. The summed E-state index contributed by atoms with van der Waals surface area (Å²) in [5.74, 6) is 0.612. The van der Waals surface area contributed by atoms with Crippen LogP contribution < -0.4 is 14.8 Å². The summed E-state index contributed by atoms with van der Waals surface area (Å²) in [5.41, 5.74) is 4.64. The molecule has 1 aliphatic rings. The minimum atomic E-state index is -0.239. The predicted molar refractivity (Wildman–Crippen MR) is 101 cm³/mol.